The van der Waals surface area contributed by atoms with E-state index in [2.05, 4.69) is 41.8 Å². The monoisotopic (exact) mass is 489 g/mol. The number of hydrogen-bond donors (Lipinski definition) is 2. The zero-order valence-corrected chi connectivity index (χ0v) is 20.3. The molecule has 0 unspecified atom stereocenters. The zero-order chi connectivity index (χ0) is 23.9. The summed E-state index contributed by atoms with van der Waals surface area (Å²) in [6, 6.07) is 15.5. The number of piperidine rings is 1. The van der Waals surface area contributed by atoms with Crippen molar-refractivity contribution in [1.82, 2.24) is 10.2 Å². The lowest BCUT2D eigenvalue weighted by atomic mass is 10.1. The molecule has 35 heavy (non-hydrogen) atoms. The number of carbonyl (C=O) groups is 2. The van der Waals surface area contributed by atoms with Crippen LogP contribution in [0, 0.1) is 18.8 Å². The van der Waals surface area contributed by atoms with Gasteiger partial charge in [0.1, 0.15) is 18.0 Å². The molecule has 3 aliphatic rings. The third kappa shape index (κ3) is 4.23. The summed E-state index contributed by atoms with van der Waals surface area (Å²) in [6.45, 7) is 4.40. The van der Waals surface area contributed by atoms with Gasteiger partial charge >= 0.3 is 6.09 Å². The molecule has 6 rings (SSSR count). The Kier molecular flexibility index (Phi) is 5.60. The number of aryl methyl sites for hydroxylation is 1. The number of ether oxygens (including phenoxy) is 2. The molecule has 3 heterocycles. The molecule has 1 aromatic heterocycles. The number of rotatable bonds is 5. The SMILES string of the molecule is Cc1ccc(-c2sccc2C(=O)N2C[C@@H]3C[C@@H]3[C@H]2CNC(=O)Oc2cccc3c2NCCO3)cc1. The standard InChI is InChI=1S/C27H27N3O4S/c1-16-5-7-17(8-6-16)25-19(9-12-35-25)26(31)30-15-18-13-20(18)21(30)14-29-27(32)34-23-4-2-3-22-24(23)28-10-11-33-22/h2-9,12,18,20-21,28H,10-11,13-15H2,1H3,(H,29,32)/t18-,20-,21+/m0/s1. The molecule has 2 amide bonds. The molecule has 0 bridgehead atoms. The summed E-state index contributed by atoms with van der Waals surface area (Å²) in [5, 5.41) is 8.10. The fourth-order valence-corrected chi connectivity index (χ4v) is 6.07. The van der Waals surface area contributed by atoms with Gasteiger partial charge in [0.05, 0.1) is 11.6 Å². The van der Waals surface area contributed by atoms with Crippen molar-refractivity contribution >= 4 is 29.0 Å². The van der Waals surface area contributed by atoms with E-state index >= 15 is 0 Å². The Balaban J connectivity index is 1.14. The lowest BCUT2D eigenvalue weighted by molar-refractivity contribution is 0.0705. The summed E-state index contributed by atoms with van der Waals surface area (Å²) in [4.78, 5) is 29.2. The molecule has 1 saturated heterocycles. The number of thiophene rings is 1. The average Bonchev–Trinajstić information content (AvgIpc) is 3.30. The largest absolute Gasteiger partial charge is 0.489 e. The molecule has 1 saturated carbocycles. The first-order chi connectivity index (χ1) is 17.1. The number of carbonyl (C=O) groups excluding carboxylic acids is 2. The maximum absolute atomic E-state index is 13.6. The normalized spacial score (nSPS) is 21.9. The topological polar surface area (TPSA) is 79.9 Å². The highest BCUT2D eigenvalue weighted by molar-refractivity contribution is 7.14. The fraction of sp³-hybridized carbons (Fsp3) is 0.333. The van der Waals surface area contributed by atoms with E-state index in [1.54, 1.807) is 23.5 Å². The van der Waals surface area contributed by atoms with E-state index in [9.17, 15) is 9.59 Å². The van der Waals surface area contributed by atoms with Crippen LogP contribution in [-0.2, 0) is 0 Å². The number of para-hydroxylation sites is 1. The number of nitrogens with zero attached hydrogens (tertiary/aromatic N) is 1. The van der Waals surface area contributed by atoms with Crippen LogP contribution in [0.1, 0.15) is 22.3 Å². The number of nitrogens with one attached hydrogen (secondary N) is 2. The van der Waals surface area contributed by atoms with Gasteiger partial charge in [-0.2, -0.15) is 0 Å². The maximum atomic E-state index is 13.6. The molecular weight excluding hydrogens is 462 g/mol. The molecule has 180 valence electrons. The van der Waals surface area contributed by atoms with Gasteiger partial charge in [-0.05, 0) is 54.3 Å². The first-order valence-corrected chi connectivity index (χ1v) is 12.9. The molecule has 1 aliphatic carbocycles. The summed E-state index contributed by atoms with van der Waals surface area (Å²) in [5.74, 6) is 2.10. The van der Waals surface area contributed by atoms with E-state index in [0.29, 0.717) is 48.7 Å². The van der Waals surface area contributed by atoms with Gasteiger partial charge in [0.15, 0.2) is 5.75 Å². The number of anilines is 1. The zero-order valence-electron chi connectivity index (χ0n) is 19.5. The third-order valence-corrected chi connectivity index (χ3v) is 8.04. The Hall–Kier alpha value is -3.52. The summed E-state index contributed by atoms with van der Waals surface area (Å²) >= 11 is 1.59. The van der Waals surface area contributed by atoms with Gasteiger partial charge in [0.2, 0.25) is 0 Å². The van der Waals surface area contributed by atoms with Crippen molar-refractivity contribution in [3.05, 3.63) is 65.0 Å². The molecule has 2 aliphatic heterocycles. The minimum Gasteiger partial charge on any atom is -0.489 e. The Morgan fingerprint density at radius 1 is 1.20 bits per heavy atom. The van der Waals surface area contributed by atoms with Crippen LogP contribution in [0.3, 0.4) is 0 Å². The van der Waals surface area contributed by atoms with Crippen LogP contribution < -0.4 is 20.1 Å². The summed E-state index contributed by atoms with van der Waals surface area (Å²) in [7, 11) is 0. The molecule has 7 nitrogen and oxygen atoms in total. The lowest BCUT2D eigenvalue weighted by Gasteiger charge is -2.28. The summed E-state index contributed by atoms with van der Waals surface area (Å²) in [6.07, 6.45) is 0.575. The second kappa shape index (κ2) is 8.92. The second-order valence-corrected chi connectivity index (χ2v) is 10.3. The van der Waals surface area contributed by atoms with Crippen LogP contribution in [0.25, 0.3) is 10.4 Å². The maximum Gasteiger partial charge on any atom is 0.412 e. The molecule has 2 fully saturated rings. The van der Waals surface area contributed by atoms with Crippen LogP contribution in [0.5, 0.6) is 11.5 Å². The molecular formula is C27H27N3O4S. The van der Waals surface area contributed by atoms with Crippen molar-refractivity contribution in [2.24, 2.45) is 11.8 Å². The van der Waals surface area contributed by atoms with E-state index < -0.39 is 6.09 Å². The van der Waals surface area contributed by atoms with Crippen molar-refractivity contribution in [2.75, 3.05) is 31.6 Å². The second-order valence-electron chi connectivity index (χ2n) is 9.39. The lowest BCUT2D eigenvalue weighted by Crippen LogP contribution is -2.46. The molecule has 3 aromatic rings. The number of amides is 2. The highest BCUT2D eigenvalue weighted by Crippen LogP contribution is 2.50. The van der Waals surface area contributed by atoms with E-state index in [1.165, 1.54) is 5.56 Å². The number of fused-ring (bicyclic) bond motifs is 2. The van der Waals surface area contributed by atoms with Gasteiger partial charge in [-0.25, -0.2) is 4.79 Å². The molecule has 8 heteroatoms. The Morgan fingerprint density at radius 3 is 2.91 bits per heavy atom. The Labute approximate surface area is 208 Å². The van der Waals surface area contributed by atoms with Crippen LogP contribution in [-0.4, -0.2) is 49.2 Å². The van der Waals surface area contributed by atoms with Crippen molar-refractivity contribution in [2.45, 2.75) is 19.4 Å². The molecule has 3 atom stereocenters. The Morgan fingerprint density at radius 2 is 2.06 bits per heavy atom. The first kappa shape index (κ1) is 22.0. The van der Waals surface area contributed by atoms with Crippen molar-refractivity contribution in [3.63, 3.8) is 0 Å². The van der Waals surface area contributed by atoms with Gasteiger partial charge in [-0.1, -0.05) is 35.9 Å². The van der Waals surface area contributed by atoms with Gasteiger partial charge in [0.25, 0.3) is 5.91 Å². The minimum absolute atomic E-state index is 0.0306. The van der Waals surface area contributed by atoms with Crippen molar-refractivity contribution in [3.8, 4) is 21.9 Å². The van der Waals surface area contributed by atoms with Crippen molar-refractivity contribution < 1.29 is 19.1 Å². The molecule has 0 spiro atoms. The average molecular weight is 490 g/mol. The first-order valence-electron chi connectivity index (χ1n) is 12.0. The number of likely N-dealkylation sites (tertiary alicyclic amines) is 1. The van der Waals surface area contributed by atoms with E-state index in [4.69, 9.17) is 9.47 Å². The predicted octanol–water partition coefficient (Wildman–Crippen LogP) is 4.78. The van der Waals surface area contributed by atoms with E-state index in [-0.39, 0.29) is 11.9 Å². The molecule has 0 radical (unpaired) electrons. The van der Waals surface area contributed by atoms with Crippen molar-refractivity contribution in [1.29, 1.82) is 0 Å². The highest BCUT2D eigenvalue weighted by Gasteiger charge is 2.54. The fourth-order valence-electron chi connectivity index (χ4n) is 5.18. The van der Waals surface area contributed by atoms with E-state index in [1.807, 2.05) is 22.4 Å². The predicted molar refractivity (Wildman–Crippen MR) is 135 cm³/mol. The quantitative estimate of drug-likeness (QED) is 0.539. The molecule has 2 N–H and O–H groups in total. The van der Waals surface area contributed by atoms with Gasteiger partial charge in [0, 0.05) is 24.5 Å². The summed E-state index contributed by atoms with van der Waals surface area (Å²) < 4.78 is 11.2. The minimum atomic E-state index is -0.529. The van der Waals surface area contributed by atoms with Gasteiger partial charge < -0.3 is 25.0 Å². The summed E-state index contributed by atoms with van der Waals surface area (Å²) in [5.41, 5.74) is 3.67. The number of benzene rings is 2. The van der Waals surface area contributed by atoms with Gasteiger partial charge in [-0.15, -0.1) is 11.3 Å². The third-order valence-electron chi connectivity index (χ3n) is 7.08. The highest BCUT2D eigenvalue weighted by atomic mass is 32.1. The smallest absolute Gasteiger partial charge is 0.412 e. The molecule has 2 aromatic carbocycles. The van der Waals surface area contributed by atoms with Gasteiger partial charge in [-0.3, -0.25) is 4.79 Å². The van der Waals surface area contributed by atoms with E-state index in [0.717, 1.165) is 29.0 Å². The van der Waals surface area contributed by atoms with Crippen LogP contribution in [0.2, 0.25) is 0 Å². The number of hydrogen-bond acceptors (Lipinski definition) is 6. The van der Waals surface area contributed by atoms with Crippen LogP contribution in [0.15, 0.2) is 53.9 Å². The van der Waals surface area contributed by atoms with Crippen LogP contribution >= 0.6 is 11.3 Å². The Bertz CT molecular complexity index is 1270. The van der Waals surface area contributed by atoms with Crippen LogP contribution in [0.4, 0.5) is 10.5 Å².